The van der Waals surface area contributed by atoms with Crippen LogP contribution in [0.25, 0.3) is 0 Å². The summed E-state index contributed by atoms with van der Waals surface area (Å²) in [4.78, 5) is 21.1. The fraction of sp³-hybridized carbons (Fsp3) is 0.273. The van der Waals surface area contributed by atoms with Crippen LogP contribution in [0.15, 0.2) is 24.3 Å². The van der Waals surface area contributed by atoms with Crippen molar-refractivity contribution in [3.05, 3.63) is 35.4 Å². The molecule has 1 aromatic rings. The first-order valence-electron chi connectivity index (χ1n) is 4.73. The number of urea groups is 1. The monoisotopic (exact) mass is 206 g/mol. The van der Waals surface area contributed by atoms with Gasteiger partial charge in [0.2, 0.25) is 0 Å². The van der Waals surface area contributed by atoms with Gasteiger partial charge in [-0.05, 0) is 12.5 Å². The van der Waals surface area contributed by atoms with E-state index in [9.17, 15) is 9.59 Å². The van der Waals surface area contributed by atoms with E-state index in [1.807, 2.05) is 31.2 Å². The molecule has 0 heterocycles. The summed E-state index contributed by atoms with van der Waals surface area (Å²) in [5.74, 6) is 0. The number of amides is 2. The lowest BCUT2D eigenvalue weighted by Crippen LogP contribution is -2.35. The molecule has 2 N–H and O–H groups in total. The third kappa shape index (κ3) is 4.26. The van der Waals surface area contributed by atoms with Gasteiger partial charge in [0, 0.05) is 6.54 Å². The first kappa shape index (κ1) is 11.2. The molecular weight excluding hydrogens is 192 g/mol. The van der Waals surface area contributed by atoms with Gasteiger partial charge in [-0.15, -0.1) is 0 Å². The molecule has 0 aliphatic heterocycles. The van der Waals surface area contributed by atoms with Gasteiger partial charge in [-0.25, -0.2) is 4.79 Å². The molecule has 15 heavy (non-hydrogen) atoms. The molecule has 0 saturated carbocycles. The quantitative estimate of drug-likeness (QED) is 0.722. The summed E-state index contributed by atoms with van der Waals surface area (Å²) in [6.45, 7) is 2.50. The van der Waals surface area contributed by atoms with Crippen molar-refractivity contribution in [2.75, 3.05) is 6.54 Å². The molecule has 1 aromatic carbocycles. The first-order chi connectivity index (χ1) is 7.22. The van der Waals surface area contributed by atoms with E-state index in [1.165, 1.54) is 0 Å². The maximum absolute atomic E-state index is 11.1. The maximum Gasteiger partial charge on any atom is 0.315 e. The number of hydrogen-bond acceptors (Lipinski definition) is 2. The highest BCUT2D eigenvalue weighted by molar-refractivity contribution is 5.76. The van der Waals surface area contributed by atoms with Crippen molar-refractivity contribution in [2.45, 2.75) is 13.5 Å². The van der Waals surface area contributed by atoms with Crippen LogP contribution in [0.1, 0.15) is 11.1 Å². The molecule has 0 aliphatic rings. The molecule has 0 bridgehead atoms. The van der Waals surface area contributed by atoms with E-state index >= 15 is 0 Å². The lowest BCUT2D eigenvalue weighted by atomic mass is 10.1. The Kier molecular flexibility index (Phi) is 4.34. The molecule has 0 spiro atoms. The van der Waals surface area contributed by atoms with E-state index in [1.54, 1.807) is 0 Å². The fourth-order valence-electron chi connectivity index (χ4n) is 1.20. The third-order valence-corrected chi connectivity index (χ3v) is 1.88. The van der Waals surface area contributed by atoms with Crippen molar-refractivity contribution in [2.24, 2.45) is 0 Å². The highest BCUT2D eigenvalue weighted by Gasteiger charge is 1.98. The molecule has 0 saturated heterocycles. The van der Waals surface area contributed by atoms with Crippen LogP contribution in [-0.4, -0.2) is 18.9 Å². The van der Waals surface area contributed by atoms with Crippen LogP contribution in [0.3, 0.4) is 0 Å². The predicted molar refractivity (Wildman–Crippen MR) is 57.5 cm³/mol. The van der Waals surface area contributed by atoms with Gasteiger partial charge in [-0.3, -0.25) is 0 Å². The molecule has 0 aromatic heterocycles. The van der Waals surface area contributed by atoms with Gasteiger partial charge in [-0.1, -0.05) is 29.8 Å². The zero-order chi connectivity index (χ0) is 11.1. The summed E-state index contributed by atoms with van der Waals surface area (Å²) < 4.78 is 0. The second-order valence-electron chi connectivity index (χ2n) is 3.22. The molecule has 0 unspecified atom stereocenters. The normalized spacial score (nSPS) is 9.40. The van der Waals surface area contributed by atoms with Gasteiger partial charge in [0.25, 0.3) is 0 Å². The molecule has 0 atom stereocenters. The number of benzene rings is 1. The number of carbonyl (C=O) groups is 2. The number of aldehydes is 1. The fourth-order valence-corrected chi connectivity index (χ4v) is 1.20. The Morgan fingerprint density at radius 2 is 2.20 bits per heavy atom. The van der Waals surface area contributed by atoms with Gasteiger partial charge in [0.15, 0.2) is 0 Å². The molecule has 4 heteroatoms. The number of aryl methyl sites for hydroxylation is 1. The molecule has 0 fully saturated rings. The minimum absolute atomic E-state index is 0.0413. The van der Waals surface area contributed by atoms with Crippen molar-refractivity contribution in [1.29, 1.82) is 0 Å². The molecular formula is C11H14N2O2. The van der Waals surface area contributed by atoms with E-state index in [4.69, 9.17) is 0 Å². The number of carbonyl (C=O) groups excluding carboxylic acids is 2. The predicted octanol–water partition coefficient (Wildman–Crippen LogP) is 0.993. The summed E-state index contributed by atoms with van der Waals surface area (Å²) in [5, 5.41) is 5.05. The minimum atomic E-state index is -0.330. The van der Waals surface area contributed by atoms with E-state index in [0.717, 1.165) is 11.1 Å². The van der Waals surface area contributed by atoms with Gasteiger partial charge in [0.05, 0.1) is 6.54 Å². The van der Waals surface area contributed by atoms with Crippen LogP contribution in [0, 0.1) is 6.92 Å². The van der Waals surface area contributed by atoms with Crippen molar-refractivity contribution in [3.63, 3.8) is 0 Å². The molecule has 4 nitrogen and oxygen atoms in total. The second kappa shape index (κ2) is 5.80. The van der Waals surface area contributed by atoms with Gasteiger partial charge >= 0.3 is 6.03 Å². The first-order valence-corrected chi connectivity index (χ1v) is 4.73. The Hall–Kier alpha value is -1.84. The van der Waals surface area contributed by atoms with E-state index in [2.05, 4.69) is 10.6 Å². The van der Waals surface area contributed by atoms with Crippen molar-refractivity contribution >= 4 is 12.3 Å². The lowest BCUT2D eigenvalue weighted by molar-refractivity contribution is -0.107. The molecule has 80 valence electrons. The van der Waals surface area contributed by atoms with Crippen LogP contribution in [0.5, 0.6) is 0 Å². The average Bonchev–Trinajstić information content (AvgIpc) is 2.23. The third-order valence-electron chi connectivity index (χ3n) is 1.88. The highest BCUT2D eigenvalue weighted by atomic mass is 16.2. The standard InChI is InChI=1S/C11H14N2O2/c1-9-3-2-4-10(7-9)8-13-11(15)12-5-6-14/h2-4,6-7H,5,8H2,1H3,(H2,12,13,15). The average molecular weight is 206 g/mol. The minimum Gasteiger partial charge on any atom is -0.334 e. The molecule has 0 aliphatic carbocycles. The van der Waals surface area contributed by atoms with Crippen molar-refractivity contribution < 1.29 is 9.59 Å². The molecule has 1 rings (SSSR count). The number of nitrogens with one attached hydrogen (secondary N) is 2. The van der Waals surface area contributed by atoms with Gasteiger partial charge in [0.1, 0.15) is 6.29 Å². The maximum atomic E-state index is 11.1. The molecule has 0 radical (unpaired) electrons. The van der Waals surface area contributed by atoms with Crippen LogP contribution in [-0.2, 0) is 11.3 Å². The van der Waals surface area contributed by atoms with Crippen LogP contribution < -0.4 is 10.6 Å². The highest BCUT2D eigenvalue weighted by Crippen LogP contribution is 2.02. The summed E-state index contributed by atoms with van der Waals surface area (Å²) in [7, 11) is 0. The SMILES string of the molecule is Cc1cccc(CNC(=O)NCC=O)c1. The Bertz CT molecular complexity index is 350. The smallest absolute Gasteiger partial charge is 0.315 e. The Labute approximate surface area is 88.7 Å². The Balaban J connectivity index is 2.36. The van der Waals surface area contributed by atoms with E-state index in [-0.39, 0.29) is 12.6 Å². The van der Waals surface area contributed by atoms with Crippen molar-refractivity contribution in [1.82, 2.24) is 10.6 Å². The summed E-state index contributed by atoms with van der Waals surface area (Å²) in [5.41, 5.74) is 2.19. The Morgan fingerprint density at radius 3 is 2.87 bits per heavy atom. The van der Waals surface area contributed by atoms with Crippen LogP contribution in [0.2, 0.25) is 0 Å². The van der Waals surface area contributed by atoms with Crippen molar-refractivity contribution in [3.8, 4) is 0 Å². The largest absolute Gasteiger partial charge is 0.334 e. The van der Waals surface area contributed by atoms with Gasteiger partial charge < -0.3 is 15.4 Å². The summed E-state index contributed by atoms with van der Waals surface area (Å²) in [6, 6.07) is 7.54. The van der Waals surface area contributed by atoms with Crippen LogP contribution >= 0.6 is 0 Å². The Morgan fingerprint density at radius 1 is 1.40 bits per heavy atom. The molecule has 2 amide bonds. The van der Waals surface area contributed by atoms with E-state index < -0.39 is 0 Å². The van der Waals surface area contributed by atoms with Crippen LogP contribution in [0.4, 0.5) is 4.79 Å². The van der Waals surface area contributed by atoms with Gasteiger partial charge in [-0.2, -0.15) is 0 Å². The second-order valence-corrected chi connectivity index (χ2v) is 3.22. The zero-order valence-electron chi connectivity index (χ0n) is 8.62. The summed E-state index contributed by atoms with van der Waals surface area (Å²) >= 11 is 0. The topological polar surface area (TPSA) is 58.2 Å². The number of rotatable bonds is 4. The zero-order valence-corrected chi connectivity index (χ0v) is 8.62. The lowest BCUT2D eigenvalue weighted by Gasteiger charge is -2.05. The van der Waals surface area contributed by atoms with E-state index in [0.29, 0.717) is 12.8 Å². The number of hydrogen-bond donors (Lipinski definition) is 2. The summed E-state index contributed by atoms with van der Waals surface area (Å²) in [6.07, 6.45) is 0.645.